The van der Waals surface area contributed by atoms with Crippen LogP contribution in [0.2, 0.25) is 0 Å². The molecule has 0 radical (unpaired) electrons. The molecule has 10 rings (SSSR count). The van der Waals surface area contributed by atoms with Crippen molar-refractivity contribution in [2.24, 2.45) is 0 Å². The van der Waals surface area contributed by atoms with Gasteiger partial charge in [0, 0.05) is 32.3 Å². The van der Waals surface area contributed by atoms with Crippen LogP contribution in [0.3, 0.4) is 0 Å². The molecule has 10 aromatic rings. The number of hydrogen-bond donors (Lipinski definition) is 0. The number of benzene rings is 7. The van der Waals surface area contributed by atoms with Gasteiger partial charge in [0.2, 0.25) is 0 Å². The van der Waals surface area contributed by atoms with E-state index in [0.29, 0.717) is 0 Å². The highest BCUT2D eigenvalue weighted by atomic mass is 15.1. The first kappa shape index (κ1) is 27.1. The molecule has 0 N–H and O–H groups in total. The largest absolute Gasteiger partial charge is 0.309 e. The highest BCUT2D eigenvalue weighted by molar-refractivity contribution is 6.13. The van der Waals surface area contributed by atoms with Gasteiger partial charge in [-0.1, -0.05) is 109 Å². The van der Waals surface area contributed by atoms with E-state index in [4.69, 9.17) is 0 Å². The maximum Gasteiger partial charge on any atom is 0.0753 e. The molecule has 3 heteroatoms. The normalized spacial score (nSPS) is 12.1. The van der Waals surface area contributed by atoms with Crippen molar-refractivity contribution < 1.29 is 0 Å². The lowest BCUT2D eigenvalue weighted by Gasteiger charge is -2.23. The van der Waals surface area contributed by atoms with Gasteiger partial charge in [0.1, 0.15) is 0 Å². The van der Waals surface area contributed by atoms with Crippen molar-refractivity contribution in [3.05, 3.63) is 162 Å². The van der Waals surface area contributed by atoms with Gasteiger partial charge in [0.25, 0.3) is 0 Å². The van der Waals surface area contributed by atoms with Gasteiger partial charge in [0.15, 0.2) is 0 Å². The number of aryl methyl sites for hydroxylation is 2. The molecule has 0 atom stereocenters. The first-order chi connectivity index (χ1) is 23.6. The molecule has 0 amide bonds. The van der Waals surface area contributed by atoms with E-state index < -0.39 is 0 Å². The average molecular weight is 616 g/mol. The van der Waals surface area contributed by atoms with Crippen molar-refractivity contribution in [3.63, 3.8) is 0 Å². The Kier molecular flexibility index (Phi) is 5.63. The number of aromatic nitrogens is 3. The molecule has 0 aliphatic carbocycles. The maximum absolute atomic E-state index is 2.54. The maximum atomic E-state index is 2.54. The lowest BCUT2D eigenvalue weighted by molar-refractivity contribution is 1.05. The second-order valence-electron chi connectivity index (χ2n) is 13.1. The predicted molar refractivity (Wildman–Crippen MR) is 204 cm³/mol. The number of rotatable bonds is 3. The van der Waals surface area contributed by atoms with Gasteiger partial charge in [-0.25, -0.2) is 0 Å². The predicted octanol–water partition coefficient (Wildman–Crippen LogP) is 11.9. The second-order valence-corrected chi connectivity index (χ2v) is 13.1. The quantitative estimate of drug-likeness (QED) is 0.188. The number of nitrogens with zero attached hydrogens (tertiary/aromatic N) is 3. The summed E-state index contributed by atoms with van der Waals surface area (Å²) in [6.07, 6.45) is 0. The zero-order chi connectivity index (χ0) is 32.1. The molecule has 3 aromatic heterocycles. The van der Waals surface area contributed by atoms with E-state index in [9.17, 15) is 0 Å². The lowest BCUT2D eigenvalue weighted by Crippen LogP contribution is -2.09. The van der Waals surface area contributed by atoms with Gasteiger partial charge in [-0.05, 0) is 73.9 Å². The Morgan fingerprint density at radius 1 is 0.312 bits per heavy atom. The number of para-hydroxylation sites is 6. The molecular weight excluding hydrogens is 583 g/mol. The van der Waals surface area contributed by atoms with Gasteiger partial charge in [-0.15, -0.1) is 0 Å². The molecule has 48 heavy (non-hydrogen) atoms. The number of fused-ring (bicyclic) bond motifs is 9. The summed E-state index contributed by atoms with van der Waals surface area (Å²) in [5.41, 5.74) is 14.7. The van der Waals surface area contributed by atoms with E-state index >= 15 is 0 Å². The summed E-state index contributed by atoms with van der Waals surface area (Å²) in [5, 5.41) is 7.62. The van der Waals surface area contributed by atoms with Crippen molar-refractivity contribution in [2.75, 3.05) is 0 Å². The molecule has 0 spiro atoms. The van der Waals surface area contributed by atoms with Crippen LogP contribution in [-0.4, -0.2) is 13.7 Å². The van der Waals surface area contributed by atoms with Crippen LogP contribution in [0.1, 0.15) is 16.7 Å². The van der Waals surface area contributed by atoms with Crippen molar-refractivity contribution >= 4 is 65.4 Å². The molecule has 3 nitrogen and oxygen atoms in total. The Labute approximate surface area is 278 Å². The smallest absolute Gasteiger partial charge is 0.0753 e. The summed E-state index contributed by atoms with van der Waals surface area (Å²) < 4.78 is 7.51. The monoisotopic (exact) mass is 615 g/mol. The summed E-state index contributed by atoms with van der Waals surface area (Å²) in [7, 11) is 0. The van der Waals surface area contributed by atoms with Crippen LogP contribution < -0.4 is 0 Å². The van der Waals surface area contributed by atoms with Crippen LogP contribution >= 0.6 is 0 Å². The fourth-order valence-electron chi connectivity index (χ4n) is 8.42. The average Bonchev–Trinajstić information content (AvgIpc) is 3.76. The van der Waals surface area contributed by atoms with E-state index in [-0.39, 0.29) is 0 Å². The summed E-state index contributed by atoms with van der Waals surface area (Å²) >= 11 is 0. The highest BCUT2D eigenvalue weighted by Crippen LogP contribution is 2.43. The third-order valence-corrected chi connectivity index (χ3v) is 10.5. The van der Waals surface area contributed by atoms with Crippen LogP contribution in [0.25, 0.3) is 82.5 Å². The van der Waals surface area contributed by atoms with Crippen molar-refractivity contribution in [2.45, 2.75) is 20.8 Å². The molecule has 0 bridgehead atoms. The molecule has 0 saturated carbocycles. The second kappa shape index (κ2) is 9.97. The standard InChI is InChI=1S/C45H33N3/c1-28-14-12-20-35-33-18-6-10-24-40(33)47(43(28)35)37-26-27-42(46-38-22-8-4-16-31(38)32-17-5-9-23-39(32)46)45(30(37)3)48-41-25-11-7-19-34(41)36-21-13-15-29(2)44(36)48/h4-27H,1-3H3. The van der Waals surface area contributed by atoms with Crippen molar-refractivity contribution in [3.8, 4) is 17.1 Å². The van der Waals surface area contributed by atoms with Crippen LogP contribution in [0, 0.1) is 20.8 Å². The van der Waals surface area contributed by atoms with E-state index in [0.717, 1.165) is 5.69 Å². The molecule has 0 unspecified atom stereocenters. The van der Waals surface area contributed by atoms with Crippen molar-refractivity contribution in [1.29, 1.82) is 0 Å². The molecule has 0 aliphatic heterocycles. The van der Waals surface area contributed by atoms with E-state index in [1.807, 2.05) is 0 Å². The fraction of sp³-hybridized carbons (Fsp3) is 0.0667. The first-order valence-electron chi connectivity index (χ1n) is 16.7. The molecule has 7 aromatic carbocycles. The zero-order valence-electron chi connectivity index (χ0n) is 27.2. The topological polar surface area (TPSA) is 14.8 Å². The fourth-order valence-corrected chi connectivity index (χ4v) is 8.42. The van der Waals surface area contributed by atoms with Crippen LogP contribution in [0.15, 0.2) is 146 Å². The summed E-state index contributed by atoms with van der Waals surface area (Å²) in [4.78, 5) is 0. The molecule has 0 fully saturated rings. The molecule has 0 aliphatic rings. The van der Waals surface area contributed by atoms with E-state index in [1.54, 1.807) is 0 Å². The van der Waals surface area contributed by atoms with Crippen LogP contribution in [0.4, 0.5) is 0 Å². The van der Waals surface area contributed by atoms with Crippen molar-refractivity contribution in [1.82, 2.24) is 13.7 Å². The first-order valence-corrected chi connectivity index (χ1v) is 16.7. The summed E-state index contributed by atoms with van der Waals surface area (Å²) in [5.74, 6) is 0. The highest BCUT2D eigenvalue weighted by Gasteiger charge is 2.24. The van der Waals surface area contributed by atoms with Gasteiger partial charge in [-0.3, -0.25) is 0 Å². The SMILES string of the molecule is Cc1c(-n2c3ccccc3c3cccc(C)c32)ccc(-n2c3ccccc3c3ccccc32)c1-n1c2ccccc2c2cccc(C)c21. The van der Waals surface area contributed by atoms with Crippen LogP contribution in [0.5, 0.6) is 0 Å². The molecule has 3 heterocycles. The van der Waals surface area contributed by atoms with Gasteiger partial charge in [0.05, 0.1) is 50.2 Å². The van der Waals surface area contributed by atoms with Gasteiger partial charge < -0.3 is 13.7 Å². The molecule has 0 saturated heterocycles. The van der Waals surface area contributed by atoms with Gasteiger partial charge in [-0.2, -0.15) is 0 Å². The Morgan fingerprint density at radius 3 is 1.21 bits per heavy atom. The third-order valence-electron chi connectivity index (χ3n) is 10.5. The molecule has 228 valence electrons. The Balaban J connectivity index is 1.43. The Bertz CT molecular complexity index is 2880. The van der Waals surface area contributed by atoms with E-state index in [2.05, 4.69) is 180 Å². The summed E-state index contributed by atoms with van der Waals surface area (Å²) in [6, 6.07) is 53.4. The lowest BCUT2D eigenvalue weighted by atomic mass is 10.1. The summed E-state index contributed by atoms with van der Waals surface area (Å²) in [6.45, 7) is 6.80. The van der Waals surface area contributed by atoms with Crippen LogP contribution in [-0.2, 0) is 0 Å². The molecular formula is C45H33N3. The Hall–Kier alpha value is -6.06. The number of hydrogen-bond acceptors (Lipinski definition) is 0. The zero-order valence-corrected chi connectivity index (χ0v) is 27.2. The Morgan fingerprint density at radius 2 is 0.688 bits per heavy atom. The minimum atomic E-state index is 1.16. The van der Waals surface area contributed by atoms with Gasteiger partial charge >= 0.3 is 0 Å². The van der Waals surface area contributed by atoms with E-state index in [1.165, 1.54) is 93.5 Å². The minimum absolute atomic E-state index is 1.16. The minimum Gasteiger partial charge on any atom is -0.309 e. The third kappa shape index (κ3) is 3.53.